The third-order valence-electron chi connectivity index (χ3n) is 3.96. The van der Waals surface area contributed by atoms with Crippen LogP contribution in [0.3, 0.4) is 0 Å². The summed E-state index contributed by atoms with van der Waals surface area (Å²) in [6.07, 6.45) is -1.85. The number of hydrogen-bond acceptors (Lipinski definition) is 5. The normalized spacial score (nSPS) is 13.0. The van der Waals surface area contributed by atoms with E-state index in [0.717, 1.165) is 9.13 Å². The number of hydrogen-bond donors (Lipinski definition) is 3. The zero-order valence-electron chi connectivity index (χ0n) is 15.3. The molecule has 0 saturated heterocycles. The van der Waals surface area contributed by atoms with E-state index in [2.05, 4.69) is 27.9 Å². The molecule has 0 saturated carbocycles. The molecule has 27 heavy (non-hydrogen) atoms. The van der Waals surface area contributed by atoms with Gasteiger partial charge in [0.2, 0.25) is 0 Å². The Kier molecular flexibility index (Phi) is 8.33. The van der Waals surface area contributed by atoms with Crippen molar-refractivity contribution in [1.29, 1.82) is 0 Å². The van der Waals surface area contributed by atoms with Gasteiger partial charge in [-0.1, -0.05) is 17.7 Å². The van der Waals surface area contributed by atoms with Crippen LogP contribution in [0.15, 0.2) is 42.5 Å². The fourth-order valence-corrected chi connectivity index (χ4v) is 3.17. The summed E-state index contributed by atoms with van der Waals surface area (Å²) in [4.78, 5) is 12.5. The maximum Gasteiger partial charge on any atom is 0.412 e. The molecule has 0 aromatic heterocycles. The van der Waals surface area contributed by atoms with Crippen molar-refractivity contribution in [3.8, 4) is 5.75 Å². The molecule has 0 heterocycles. The predicted molar refractivity (Wildman–Crippen MR) is 112 cm³/mol. The molecule has 3 N–H and O–H groups in total. The SMILES string of the molecule is CCO[C@@H](CCO)[C@@H](OC(=O)Nc1ccc(C)cc1)c1cc(I)ccc1O. The average molecular weight is 485 g/mol. The van der Waals surface area contributed by atoms with Gasteiger partial charge in [0.05, 0.1) is 0 Å². The number of phenolic OH excluding ortho intramolecular Hbond substituents is 1. The second-order valence-corrected chi connectivity index (χ2v) is 7.27. The Morgan fingerprint density at radius 3 is 2.56 bits per heavy atom. The van der Waals surface area contributed by atoms with Crippen LogP contribution in [0.4, 0.5) is 10.5 Å². The third-order valence-corrected chi connectivity index (χ3v) is 4.63. The largest absolute Gasteiger partial charge is 0.508 e. The van der Waals surface area contributed by atoms with Crippen molar-refractivity contribution in [3.63, 3.8) is 0 Å². The van der Waals surface area contributed by atoms with Gasteiger partial charge in [-0.15, -0.1) is 0 Å². The number of rotatable bonds is 8. The molecule has 0 radical (unpaired) electrons. The lowest BCUT2D eigenvalue weighted by Crippen LogP contribution is -2.30. The smallest absolute Gasteiger partial charge is 0.412 e. The highest BCUT2D eigenvalue weighted by Gasteiger charge is 2.30. The maximum atomic E-state index is 12.5. The summed E-state index contributed by atoms with van der Waals surface area (Å²) in [5.41, 5.74) is 2.12. The zero-order chi connectivity index (χ0) is 19.8. The van der Waals surface area contributed by atoms with Crippen molar-refractivity contribution in [1.82, 2.24) is 0 Å². The van der Waals surface area contributed by atoms with Crippen molar-refractivity contribution in [3.05, 3.63) is 57.2 Å². The van der Waals surface area contributed by atoms with Crippen LogP contribution in [-0.4, -0.2) is 35.6 Å². The summed E-state index contributed by atoms with van der Waals surface area (Å²) < 4.78 is 12.2. The first kappa shape index (κ1) is 21.5. The van der Waals surface area contributed by atoms with Gasteiger partial charge in [0.25, 0.3) is 0 Å². The quantitative estimate of drug-likeness (QED) is 0.483. The first-order chi connectivity index (χ1) is 12.9. The first-order valence-electron chi connectivity index (χ1n) is 8.69. The molecule has 0 fully saturated rings. The van der Waals surface area contributed by atoms with E-state index in [1.807, 2.05) is 26.0 Å². The maximum absolute atomic E-state index is 12.5. The van der Waals surface area contributed by atoms with Gasteiger partial charge >= 0.3 is 6.09 Å². The average Bonchev–Trinajstić information content (AvgIpc) is 2.64. The number of benzene rings is 2. The lowest BCUT2D eigenvalue weighted by Gasteiger charge is -2.27. The predicted octanol–water partition coefficient (Wildman–Crippen LogP) is 4.38. The van der Waals surface area contributed by atoms with E-state index in [4.69, 9.17) is 9.47 Å². The van der Waals surface area contributed by atoms with E-state index in [0.29, 0.717) is 17.9 Å². The highest BCUT2D eigenvalue weighted by molar-refractivity contribution is 14.1. The molecule has 0 aliphatic heterocycles. The highest BCUT2D eigenvalue weighted by atomic mass is 127. The van der Waals surface area contributed by atoms with Gasteiger partial charge in [-0.2, -0.15) is 0 Å². The van der Waals surface area contributed by atoms with Crippen molar-refractivity contribution in [2.24, 2.45) is 0 Å². The van der Waals surface area contributed by atoms with E-state index in [1.165, 1.54) is 0 Å². The molecule has 2 atom stereocenters. The minimum atomic E-state index is -0.864. The van der Waals surface area contributed by atoms with Crippen LogP contribution in [0, 0.1) is 10.5 Å². The monoisotopic (exact) mass is 485 g/mol. The number of aromatic hydroxyl groups is 1. The van der Waals surface area contributed by atoms with Crippen LogP contribution >= 0.6 is 22.6 Å². The van der Waals surface area contributed by atoms with Crippen LogP contribution in [0.5, 0.6) is 5.75 Å². The summed E-state index contributed by atoms with van der Waals surface area (Å²) >= 11 is 2.12. The van der Waals surface area contributed by atoms with E-state index >= 15 is 0 Å². The van der Waals surface area contributed by atoms with Gasteiger partial charge in [-0.25, -0.2) is 4.79 Å². The highest BCUT2D eigenvalue weighted by Crippen LogP contribution is 2.33. The van der Waals surface area contributed by atoms with Crippen LogP contribution < -0.4 is 5.32 Å². The summed E-state index contributed by atoms with van der Waals surface area (Å²) in [6.45, 7) is 4.03. The molecule has 2 aromatic rings. The molecule has 2 rings (SSSR count). The van der Waals surface area contributed by atoms with Gasteiger partial charge in [-0.3, -0.25) is 5.32 Å². The molecule has 2 aromatic carbocycles. The summed E-state index contributed by atoms with van der Waals surface area (Å²) in [5.74, 6) is 0.00574. The Morgan fingerprint density at radius 2 is 1.93 bits per heavy atom. The molecule has 1 amide bonds. The summed E-state index contributed by atoms with van der Waals surface area (Å²) in [7, 11) is 0. The second-order valence-electron chi connectivity index (χ2n) is 6.03. The third kappa shape index (κ3) is 6.37. The molecular weight excluding hydrogens is 461 g/mol. The Bertz CT molecular complexity index is 745. The number of nitrogens with one attached hydrogen (secondary N) is 1. The molecule has 0 bridgehead atoms. The molecule has 0 unspecified atom stereocenters. The number of aryl methyl sites for hydroxylation is 1. The fraction of sp³-hybridized carbons (Fsp3) is 0.350. The van der Waals surface area contributed by atoms with Crippen LogP contribution in [-0.2, 0) is 9.47 Å². The number of carbonyl (C=O) groups excluding carboxylic acids is 1. The second kappa shape index (κ2) is 10.5. The van der Waals surface area contributed by atoms with Gasteiger partial charge in [0.15, 0.2) is 6.10 Å². The molecule has 6 nitrogen and oxygen atoms in total. The van der Waals surface area contributed by atoms with E-state index in [1.54, 1.807) is 30.3 Å². The molecular formula is C20H24INO5. The number of anilines is 1. The van der Waals surface area contributed by atoms with Crippen LogP contribution in [0.1, 0.15) is 30.6 Å². The number of ether oxygens (including phenoxy) is 2. The number of aliphatic hydroxyl groups excluding tert-OH is 1. The van der Waals surface area contributed by atoms with Crippen LogP contribution in [0.2, 0.25) is 0 Å². The summed E-state index contributed by atoms with van der Waals surface area (Å²) in [5, 5.41) is 22.3. The van der Waals surface area contributed by atoms with E-state index in [-0.39, 0.29) is 18.8 Å². The van der Waals surface area contributed by atoms with Crippen molar-refractivity contribution < 1.29 is 24.5 Å². The lowest BCUT2D eigenvalue weighted by atomic mass is 10.0. The van der Waals surface area contributed by atoms with Crippen molar-refractivity contribution >= 4 is 34.4 Å². The van der Waals surface area contributed by atoms with Gasteiger partial charge in [-0.05, 0) is 66.8 Å². The Labute approximate surface area is 172 Å². The molecule has 0 aliphatic rings. The summed E-state index contributed by atoms with van der Waals surface area (Å²) in [6, 6.07) is 12.4. The van der Waals surface area contributed by atoms with Crippen LogP contribution in [0.25, 0.3) is 0 Å². The number of aliphatic hydroxyl groups is 1. The first-order valence-corrected chi connectivity index (χ1v) is 9.77. The standard InChI is InChI=1S/C20H24INO5/c1-3-26-18(10-11-23)19(16-12-14(21)6-9-17(16)24)27-20(25)22-15-7-4-13(2)5-8-15/h4-9,12,18-19,23-24H,3,10-11H2,1-2H3,(H,22,25)/t18-,19-/m0/s1. The van der Waals surface area contributed by atoms with Crippen molar-refractivity contribution in [2.45, 2.75) is 32.5 Å². The molecule has 7 heteroatoms. The number of carbonyl (C=O) groups is 1. The number of amides is 1. The lowest BCUT2D eigenvalue weighted by molar-refractivity contribution is -0.0491. The molecule has 0 spiro atoms. The van der Waals surface area contributed by atoms with E-state index in [9.17, 15) is 15.0 Å². The van der Waals surface area contributed by atoms with Gasteiger partial charge in [0.1, 0.15) is 11.9 Å². The van der Waals surface area contributed by atoms with Gasteiger partial charge in [0, 0.05) is 34.5 Å². The molecule has 0 aliphatic carbocycles. The minimum Gasteiger partial charge on any atom is -0.508 e. The molecule has 146 valence electrons. The number of phenols is 1. The van der Waals surface area contributed by atoms with Crippen molar-refractivity contribution in [2.75, 3.05) is 18.5 Å². The van der Waals surface area contributed by atoms with E-state index < -0.39 is 18.3 Å². The Morgan fingerprint density at radius 1 is 1.22 bits per heavy atom. The topological polar surface area (TPSA) is 88.0 Å². The minimum absolute atomic E-state index is 0.00574. The Balaban J connectivity index is 2.26. The zero-order valence-corrected chi connectivity index (χ0v) is 17.5. The fourth-order valence-electron chi connectivity index (χ4n) is 2.66. The van der Waals surface area contributed by atoms with Gasteiger partial charge < -0.3 is 19.7 Å². The number of halogens is 1. The Hall–Kier alpha value is -1.84.